The molecule has 0 aliphatic heterocycles. The zero-order chi connectivity index (χ0) is 13.2. The maximum absolute atomic E-state index is 9.06. The molecule has 0 amide bonds. The SMILES string of the molecule is Cc1ncc(Cn2nc(C#N)c3ncccc32)cn1. The van der Waals surface area contributed by atoms with Crippen LogP contribution in [0.5, 0.6) is 0 Å². The minimum Gasteiger partial charge on any atom is -0.257 e. The van der Waals surface area contributed by atoms with E-state index in [-0.39, 0.29) is 0 Å². The van der Waals surface area contributed by atoms with Crippen LogP contribution in [0.15, 0.2) is 30.7 Å². The summed E-state index contributed by atoms with van der Waals surface area (Å²) in [6.45, 7) is 2.36. The second-order valence-corrected chi connectivity index (χ2v) is 4.13. The van der Waals surface area contributed by atoms with Crippen molar-refractivity contribution >= 4 is 11.0 Å². The molecule has 0 radical (unpaired) electrons. The summed E-state index contributed by atoms with van der Waals surface area (Å²) in [5.74, 6) is 0.730. The first-order valence-corrected chi connectivity index (χ1v) is 5.77. The van der Waals surface area contributed by atoms with Crippen molar-refractivity contribution in [3.8, 4) is 6.07 Å². The molecule has 6 heteroatoms. The zero-order valence-electron chi connectivity index (χ0n) is 10.3. The zero-order valence-corrected chi connectivity index (χ0v) is 10.3. The van der Waals surface area contributed by atoms with E-state index in [1.54, 1.807) is 23.3 Å². The molecule has 0 fully saturated rings. The molecule has 19 heavy (non-hydrogen) atoms. The molecule has 0 aliphatic rings. The summed E-state index contributed by atoms with van der Waals surface area (Å²) in [4.78, 5) is 12.5. The van der Waals surface area contributed by atoms with Crippen molar-refractivity contribution in [2.24, 2.45) is 0 Å². The molecule has 3 heterocycles. The molecule has 0 saturated carbocycles. The summed E-state index contributed by atoms with van der Waals surface area (Å²) < 4.78 is 1.74. The molecule has 0 aromatic carbocycles. The Balaban J connectivity index is 2.06. The lowest BCUT2D eigenvalue weighted by molar-refractivity contribution is 0.702. The molecule has 0 saturated heterocycles. The third kappa shape index (κ3) is 2.02. The van der Waals surface area contributed by atoms with Crippen LogP contribution in [0.1, 0.15) is 17.1 Å². The molecule has 0 spiro atoms. The molecule has 6 nitrogen and oxygen atoms in total. The highest BCUT2D eigenvalue weighted by Crippen LogP contribution is 2.16. The minimum atomic E-state index is 0.337. The molecule has 3 aromatic rings. The number of aromatic nitrogens is 5. The Morgan fingerprint density at radius 3 is 2.79 bits per heavy atom. The normalized spacial score (nSPS) is 10.5. The fourth-order valence-electron chi connectivity index (χ4n) is 1.88. The molecule has 3 rings (SSSR count). The van der Waals surface area contributed by atoms with Gasteiger partial charge >= 0.3 is 0 Å². The van der Waals surface area contributed by atoms with Gasteiger partial charge in [0.05, 0.1) is 12.1 Å². The van der Waals surface area contributed by atoms with Crippen molar-refractivity contribution in [3.05, 3.63) is 47.8 Å². The van der Waals surface area contributed by atoms with E-state index in [1.807, 2.05) is 19.1 Å². The number of aryl methyl sites for hydroxylation is 1. The number of rotatable bonds is 2. The lowest BCUT2D eigenvalue weighted by atomic mass is 10.3. The number of nitrogens with zero attached hydrogens (tertiary/aromatic N) is 6. The maximum Gasteiger partial charge on any atom is 0.188 e. The summed E-state index contributed by atoms with van der Waals surface area (Å²) in [7, 11) is 0. The monoisotopic (exact) mass is 250 g/mol. The Morgan fingerprint density at radius 1 is 1.26 bits per heavy atom. The van der Waals surface area contributed by atoms with Crippen molar-refractivity contribution in [1.82, 2.24) is 24.7 Å². The van der Waals surface area contributed by atoms with Crippen molar-refractivity contribution in [3.63, 3.8) is 0 Å². The van der Waals surface area contributed by atoms with Crippen LogP contribution in [0.25, 0.3) is 11.0 Å². The number of hydrogen-bond acceptors (Lipinski definition) is 5. The Bertz CT molecular complexity index is 766. The lowest BCUT2D eigenvalue weighted by Gasteiger charge is -2.02. The van der Waals surface area contributed by atoms with Gasteiger partial charge in [-0.15, -0.1) is 0 Å². The molecule has 0 atom stereocenters. The average Bonchev–Trinajstić information content (AvgIpc) is 2.80. The van der Waals surface area contributed by atoms with E-state index in [2.05, 4.69) is 26.1 Å². The highest BCUT2D eigenvalue weighted by atomic mass is 15.3. The first-order chi connectivity index (χ1) is 9.28. The predicted octanol–water partition coefficient (Wildman–Crippen LogP) is 1.45. The van der Waals surface area contributed by atoms with Gasteiger partial charge in [0.1, 0.15) is 17.4 Å². The minimum absolute atomic E-state index is 0.337. The van der Waals surface area contributed by atoms with Gasteiger partial charge in [0.15, 0.2) is 5.69 Å². The van der Waals surface area contributed by atoms with Crippen molar-refractivity contribution in [2.75, 3.05) is 0 Å². The second kappa shape index (κ2) is 4.46. The van der Waals surface area contributed by atoms with Gasteiger partial charge in [-0.2, -0.15) is 10.4 Å². The van der Waals surface area contributed by atoms with Crippen LogP contribution in [-0.4, -0.2) is 24.7 Å². The van der Waals surface area contributed by atoms with Crippen LogP contribution in [0.3, 0.4) is 0 Å². The van der Waals surface area contributed by atoms with E-state index in [0.29, 0.717) is 17.8 Å². The van der Waals surface area contributed by atoms with Gasteiger partial charge in [-0.25, -0.2) is 9.97 Å². The topological polar surface area (TPSA) is 80.3 Å². The summed E-state index contributed by atoms with van der Waals surface area (Å²) in [5.41, 5.74) is 2.73. The standard InChI is InChI=1S/C13H10N6/c1-9-16-6-10(7-17-9)8-19-12-3-2-4-15-13(12)11(5-14)18-19/h2-4,6-7H,8H2,1H3. The predicted molar refractivity (Wildman–Crippen MR) is 68.1 cm³/mol. The smallest absolute Gasteiger partial charge is 0.188 e. The van der Waals surface area contributed by atoms with Gasteiger partial charge in [-0.3, -0.25) is 9.67 Å². The Labute approximate surface area is 109 Å². The van der Waals surface area contributed by atoms with Gasteiger partial charge in [0, 0.05) is 24.2 Å². The third-order valence-corrected chi connectivity index (χ3v) is 2.78. The summed E-state index contributed by atoms with van der Waals surface area (Å²) >= 11 is 0. The van der Waals surface area contributed by atoms with Gasteiger partial charge in [0.2, 0.25) is 0 Å². The highest BCUT2D eigenvalue weighted by molar-refractivity contribution is 5.79. The molecule has 92 valence electrons. The van der Waals surface area contributed by atoms with E-state index in [9.17, 15) is 0 Å². The van der Waals surface area contributed by atoms with Crippen molar-refractivity contribution in [2.45, 2.75) is 13.5 Å². The molecule has 0 unspecified atom stereocenters. The van der Waals surface area contributed by atoms with E-state index in [4.69, 9.17) is 5.26 Å². The average molecular weight is 250 g/mol. The Morgan fingerprint density at radius 2 is 2.05 bits per heavy atom. The second-order valence-electron chi connectivity index (χ2n) is 4.13. The largest absolute Gasteiger partial charge is 0.257 e. The van der Waals surface area contributed by atoms with Crippen LogP contribution in [0, 0.1) is 18.3 Å². The summed E-state index contributed by atoms with van der Waals surface area (Å²) in [6.07, 6.45) is 5.18. The number of pyridine rings is 1. The molecular formula is C13H10N6. The van der Waals surface area contributed by atoms with E-state index >= 15 is 0 Å². The lowest BCUT2D eigenvalue weighted by Crippen LogP contribution is -2.03. The van der Waals surface area contributed by atoms with E-state index in [1.165, 1.54) is 0 Å². The maximum atomic E-state index is 9.06. The van der Waals surface area contributed by atoms with Gasteiger partial charge < -0.3 is 0 Å². The molecule has 0 aliphatic carbocycles. The quantitative estimate of drug-likeness (QED) is 0.687. The third-order valence-electron chi connectivity index (χ3n) is 2.78. The van der Waals surface area contributed by atoms with Crippen LogP contribution >= 0.6 is 0 Å². The van der Waals surface area contributed by atoms with Gasteiger partial charge in [-0.05, 0) is 19.1 Å². The van der Waals surface area contributed by atoms with Gasteiger partial charge in [0.25, 0.3) is 0 Å². The van der Waals surface area contributed by atoms with Gasteiger partial charge in [-0.1, -0.05) is 0 Å². The van der Waals surface area contributed by atoms with Crippen LogP contribution in [-0.2, 0) is 6.54 Å². The first-order valence-electron chi connectivity index (χ1n) is 5.77. The summed E-state index contributed by atoms with van der Waals surface area (Å²) in [6, 6.07) is 5.78. The first kappa shape index (κ1) is 11.3. The van der Waals surface area contributed by atoms with E-state index < -0.39 is 0 Å². The fourth-order valence-corrected chi connectivity index (χ4v) is 1.88. The Hall–Kier alpha value is -2.81. The molecule has 3 aromatic heterocycles. The summed E-state index contributed by atoms with van der Waals surface area (Å²) in [5, 5.41) is 13.3. The fraction of sp³-hybridized carbons (Fsp3) is 0.154. The van der Waals surface area contributed by atoms with Crippen molar-refractivity contribution < 1.29 is 0 Å². The van der Waals surface area contributed by atoms with E-state index in [0.717, 1.165) is 16.9 Å². The highest BCUT2D eigenvalue weighted by Gasteiger charge is 2.11. The number of fused-ring (bicyclic) bond motifs is 1. The van der Waals surface area contributed by atoms with Crippen LogP contribution < -0.4 is 0 Å². The van der Waals surface area contributed by atoms with Crippen molar-refractivity contribution in [1.29, 1.82) is 5.26 Å². The van der Waals surface area contributed by atoms with Crippen LogP contribution in [0.2, 0.25) is 0 Å². The van der Waals surface area contributed by atoms with Crippen LogP contribution in [0.4, 0.5) is 0 Å². The number of hydrogen-bond donors (Lipinski definition) is 0. The molecule has 0 N–H and O–H groups in total. The number of nitriles is 1. The molecule has 0 bridgehead atoms. The Kier molecular flexibility index (Phi) is 2.65. The molecular weight excluding hydrogens is 240 g/mol.